The summed E-state index contributed by atoms with van der Waals surface area (Å²) >= 11 is 0. The molecule has 24 heavy (non-hydrogen) atoms. The number of alkyl halides is 3. The topological polar surface area (TPSA) is 114 Å². The molecular weight excluding hydrogens is 331 g/mol. The van der Waals surface area contributed by atoms with Crippen LogP contribution in [0.15, 0.2) is 16.9 Å². The van der Waals surface area contributed by atoms with E-state index >= 15 is 0 Å². The minimum absolute atomic E-state index is 0.104. The van der Waals surface area contributed by atoms with Gasteiger partial charge in [-0.25, -0.2) is 0 Å². The second-order valence-electron chi connectivity index (χ2n) is 5.19. The van der Waals surface area contributed by atoms with Crippen LogP contribution < -0.4 is 11.1 Å². The molecule has 0 aromatic heterocycles. The molecule has 0 saturated carbocycles. The predicted molar refractivity (Wildman–Crippen MR) is 80.7 cm³/mol. The number of halogens is 3. The Kier molecular flexibility index (Phi) is 6.98. The number of hydrogen-bond donors (Lipinski definition) is 2. The van der Waals surface area contributed by atoms with Crippen LogP contribution in [0, 0.1) is 10.1 Å². The Morgan fingerprint density at radius 2 is 2.12 bits per heavy atom. The lowest BCUT2D eigenvalue weighted by atomic mass is 10.1. The lowest BCUT2D eigenvalue weighted by molar-refractivity contribution is -0.416. The van der Waals surface area contributed by atoms with Crippen molar-refractivity contribution in [2.75, 3.05) is 19.6 Å². The third-order valence-corrected chi connectivity index (χ3v) is 3.51. The summed E-state index contributed by atoms with van der Waals surface area (Å²) in [6, 6.07) is -0.645. The molecule has 1 atom stereocenters. The van der Waals surface area contributed by atoms with E-state index in [0.29, 0.717) is 25.9 Å². The Bertz CT molecular complexity index is 533. The minimum Gasteiger partial charge on any atom is -0.399 e. The van der Waals surface area contributed by atoms with E-state index < -0.39 is 23.0 Å². The van der Waals surface area contributed by atoms with Crippen LogP contribution in [0.4, 0.5) is 13.2 Å². The molecule has 1 aliphatic heterocycles. The fraction of sp³-hybridized carbons (Fsp3) is 0.692. The van der Waals surface area contributed by atoms with E-state index in [9.17, 15) is 28.1 Å². The average molecular weight is 351 g/mol. The van der Waals surface area contributed by atoms with Crippen LogP contribution >= 0.6 is 0 Å². The Balaban J connectivity index is 2.81. The fourth-order valence-corrected chi connectivity index (χ4v) is 2.43. The summed E-state index contributed by atoms with van der Waals surface area (Å²) in [7, 11) is 0. The molecule has 1 saturated heterocycles. The maximum Gasteiger partial charge on any atom is 0.471 e. The Morgan fingerprint density at radius 1 is 1.46 bits per heavy atom. The van der Waals surface area contributed by atoms with Gasteiger partial charge in [0.15, 0.2) is 0 Å². The number of hydrogen-bond acceptors (Lipinski definition) is 5. The van der Waals surface area contributed by atoms with E-state index in [1.165, 1.54) is 0 Å². The molecule has 3 N–H and O–H groups in total. The quantitative estimate of drug-likeness (QED) is 0.340. The molecule has 0 aliphatic carbocycles. The third-order valence-electron chi connectivity index (χ3n) is 3.51. The van der Waals surface area contributed by atoms with Crippen LogP contribution in [0.25, 0.3) is 0 Å². The lowest BCUT2D eigenvalue weighted by Gasteiger charge is -2.23. The van der Waals surface area contributed by atoms with Crippen LogP contribution in [0.1, 0.15) is 26.2 Å². The average Bonchev–Trinajstić information content (AvgIpc) is 2.71. The van der Waals surface area contributed by atoms with Crippen molar-refractivity contribution in [2.45, 2.75) is 38.4 Å². The van der Waals surface area contributed by atoms with Crippen molar-refractivity contribution in [3.05, 3.63) is 22.0 Å². The van der Waals surface area contributed by atoms with Gasteiger partial charge in [-0.05, 0) is 26.2 Å². The van der Waals surface area contributed by atoms with Crippen molar-refractivity contribution in [3.63, 3.8) is 0 Å². The highest BCUT2D eigenvalue weighted by Gasteiger charge is 2.40. The first kappa shape index (κ1) is 19.7. The lowest BCUT2D eigenvalue weighted by Crippen LogP contribution is -2.43. The summed E-state index contributed by atoms with van der Waals surface area (Å²) in [5.74, 6) is -1.87. The van der Waals surface area contributed by atoms with Gasteiger partial charge in [-0.2, -0.15) is 13.2 Å². The number of amides is 1. The van der Waals surface area contributed by atoms with E-state index in [1.54, 1.807) is 11.8 Å². The van der Waals surface area contributed by atoms with Crippen molar-refractivity contribution in [1.29, 1.82) is 0 Å². The van der Waals surface area contributed by atoms with Crippen LogP contribution in [0.5, 0.6) is 0 Å². The van der Waals surface area contributed by atoms with E-state index in [1.807, 2.05) is 5.32 Å². The van der Waals surface area contributed by atoms with Gasteiger partial charge in [-0.3, -0.25) is 19.9 Å². The zero-order valence-electron chi connectivity index (χ0n) is 13.2. The van der Waals surface area contributed by atoms with Crippen LogP contribution in [-0.4, -0.2) is 53.4 Å². The first-order chi connectivity index (χ1) is 11.2. The molecule has 1 fully saturated rings. The molecule has 1 amide bonds. The molecule has 1 rings (SSSR count). The summed E-state index contributed by atoms with van der Waals surface area (Å²) in [6.07, 6.45) is -3.05. The summed E-state index contributed by atoms with van der Waals surface area (Å²) < 4.78 is 36.9. The highest BCUT2D eigenvalue weighted by Crippen LogP contribution is 2.18. The molecule has 8 nitrogen and oxygen atoms in total. The monoisotopic (exact) mass is 351 g/mol. The van der Waals surface area contributed by atoms with Gasteiger partial charge in [-0.15, -0.1) is 0 Å². The number of carbonyl (C=O) groups is 1. The molecule has 136 valence electrons. The smallest absolute Gasteiger partial charge is 0.399 e. The van der Waals surface area contributed by atoms with Gasteiger partial charge < -0.3 is 16.0 Å². The fourth-order valence-electron chi connectivity index (χ4n) is 2.43. The number of nitro groups is 1. The van der Waals surface area contributed by atoms with Gasteiger partial charge in [0.25, 0.3) is 0 Å². The van der Waals surface area contributed by atoms with Gasteiger partial charge in [0, 0.05) is 25.7 Å². The van der Waals surface area contributed by atoms with E-state index in [0.717, 1.165) is 6.20 Å². The Hall–Kier alpha value is -2.33. The molecule has 11 heteroatoms. The number of nitrogens with two attached hydrogens (primary N) is 1. The van der Waals surface area contributed by atoms with E-state index in [-0.39, 0.29) is 24.5 Å². The van der Waals surface area contributed by atoms with Crippen LogP contribution in [-0.2, 0) is 4.79 Å². The van der Waals surface area contributed by atoms with Crippen LogP contribution in [0.3, 0.4) is 0 Å². The Morgan fingerprint density at radius 3 is 2.62 bits per heavy atom. The summed E-state index contributed by atoms with van der Waals surface area (Å²) in [6.45, 7) is 2.61. The summed E-state index contributed by atoms with van der Waals surface area (Å²) in [4.78, 5) is 27.1. The van der Waals surface area contributed by atoms with Crippen molar-refractivity contribution in [1.82, 2.24) is 10.2 Å². The predicted octanol–water partition coefficient (Wildman–Crippen LogP) is 1.01. The molecule has 1 heterocycles. The Labute approximate surface area is 136 Å². The number of nitrogens with one attached hydrogen (secondary N) is 1. The summed E-state index contributed by atoms with van der Waals surface area (Å²) in [5.41, 5.74) is 4.95. The maximum atomic E-state index is 12.3. The first-order valence-electron chi connectivity index (χ1n) is 7.44. The highest BCUT2D eigenvalue weighted by molar-refractivity contribution is 5.96. The van der Waals surface area contributed by atoms with Crippen molar-refractivity contribution < 1.29 is 22.9 Å². The van der Waals surface area contributed by atoms with Gasteiger partial charge in [0.1, 0.15) is 0 Å². The van der Waals surface area contributed by atoms with Gasteiger partial charge >= 0.3 is 17.8 Å². The SMILES string of the molecule is CCN=C(C(=CN)[N+](=O)[O-])N1CCCC(NC(=O)C(F)(F)F)CC1. The van der Waals surface area contributed by atoms with Gasteiger partial charge in [-0.1, -0.05) is 0 Å². The molecule has 0 aromatic carbocycles. The third kappa shape index (κ3) is 5.39. The number of carbonyl (C=O) groups excluding carboxylic acids is 1. The number of nitrogens with zero attached hydrogens (tertiary/aromatic N) is 3. The zero-order valence-corrected chi connectivity index (χ0v) is 13.2. The van der Waals surface area contributed by atoms with Crippen molar-refractivity contribution in [2.24, 2.45) is 10.7 Å². The molecule has 0 radical (unpaired) electrons. The molecule has 1 aliphatic rings. The second-order valence-corrected chi connectivity index (χ2v) is 5.19. The van der Waals surface area contributed by atoms with Gasteiger partial charge in [0.2, 0.25) is 5.84 Å². The second kappa shape index (κ2) is 8.50. The largest absolute Gasteiger partial charge is 0.471 e. The number of amidine groups is 1. The van der Waals surface area contributed by atoms with Crippen LogP contribution in [0.2, 0.25) is 0 Å². The first-order valence-corrected chi connectivity index (χ1v) is 7.44. The molecular formula is C13H20F3N5O3. The number of rotatable bonds is 4. The van der Waals surface area contributed by atoms with Crippen molar-refractivity contribution in [3.8, 4) is 0 Å². The van der Waals surface area contributed by atoms with Gasteiger partial charge in [0.05, 0.1) is 11.1 Å². The van der Waals surface area contributed by atoms with E-state index in [4.69, 9.17) is 5.73 Å². The van der Waals surface area contributed by atoms with E-state index in [2.05, 4.69) is 4.99 Å². The molecule has 0 bridgehead atoms. The molecule has 1 unspecified atom stereocenters. The minimum atomic E-state index is -4.93. The zero-order chi connectivity index (χ0) is 18.3. The highest BCUT2D eigenvalue weighted by atomic mass is 19.4. The van der Waals surface area contributed by atoms with Crippen molar-refractivity contribution >= 4 is 11.7 Å². The number of aliphatic imine (C=N–C) groups is 1. The number of likely N-dealkylation sites (tertiary alicyclic amines) is 1. The molecule has 0 spiro atoms. The normalized spacial score (nSPS) is 20.5. The summed E-state index contributed by atoms with van der Waals surface area (Å²) in [5, 5.41) is 13.0. The molecule has 0 aromatic rings. The maximum absolute atomic E-state index is 12.3. The standard InChI is InChI=1S/C13H20F3N5O3/c1-2-18-11(10(8-17)21(23)24)20-6-3-4-9(5-7-20)19-12(22)13(14,15)16/h8-9H,2-7,17H2,1H3,(H,19,22).